The molecule has 3 heteroatoms. The molecule has 0 spiro atoms. The summed E-state index contributed by atoms with van der Waals surface area (Å²) in [4.78, 5) is 4.17. The van der Waals surface area contributed by atoms with Gasteiger partial charge in [0.1, 0.15) is 0 Å². The molecule has 0 saturated carbocycles. The maximum Gasteiger partial charge on any atom is 0.0684 e. The molecule has 2 heterocycles. The number of rotatable bonds is 3. The van der Waals surface area contributed by atoms with Gasteiger partial charge in [-0.3, -0.25) is 0 Å². The molecule has 106 valence electrons. The van der Waals surface area contributed by atoms with E-state index in [9.17, 15) is 0 Å². The first-order valence-electron chi connectivity index (χ1n) is 7.35. The van der Waals surface area contributed by atoms with Crippen LogP contribution in [-0.2, 0) is 0 Å². The molecule has 20 heavy (non-hydrogen) atoms. The van der Waals surface area contributed by atoms with Gasteiger partial charge in [-0.25, -0.2) is 0 Å². The molecule has 0 saturated heterocycles. The van der Waals surface area contributed by atoms with Gasteiger partial charge < -0.3 is 10.2 Å². The maximum atomic E-state index is 3.49. The Kier molecular flexibility index (Phi) is 4.48. The molecule has 0 atom stereocenters. The topological polar surface area (TPSA) is 15.3 Å². The Labute approximate surface area is 125 Å². The van der Waals surface area contributed by atoms with Gasteiger partial charge in [0.25, 0.3) is 0 Å². The second-order valence-electron chi connectivity index (χ2n) is 5.49. The second kappa shape index (κ2) is 6.51. The molecule has 3 rings (SSSR count). The quantitative estimate of drug-likeness (QED) is 0.912. The van der Waals surface area contributed by atoms with Crippen LogP contribution in [0.2, 0.25) is 0 Å². The first-order chi connectivity index (χ1) is 9.83. The van der Waals surface area contributed by atoms with Crippen molar-refractivity contribution in [2.24, 2.45) is 0 Å². The Morgan fingerprint density at radius 2 is 2.05 bits per heavy atom. The van der Waals surface area contributed by atoms with Crippen LogP contribution in [0.3, 0.4) is 0 Å². The van der Waals surface area contributed by atoms with Crippen LogP contribution in [0, 0.1) is 0 Å². The molecular weight excluding hydrogens is 264 g/mol. The highest BCUT2D eigenvalue weighted by atomic mass is 32.2. The number of nitrogens with one attached hydrogen (secondary N) is 1. The summed E-state index contributed by atoms with van der Waals surface area (Å²) in [7, 11) is 0. The molecule has 2 nitrogen and oxygen atoms in total. The van der Waals surface area contributed by atoms with Crippen LogP contribution < -0.4 is 5.32 Å². The molecule has 0 unspecified atom stereocenters. The largest absolute Gasteiger partial charge is 0.361 e. The van der Waals surface area contributed by atoms with E-state index in [1.54, 1.807) is 10.6 Å². The minimum atomic E-state index is 1.06. The van der Waals surface area contributed by atoms with Crippen LogP contribution in [0.5, 0.6) is 0 Å². The van der Waals surface area contributed by atoms with Crippen molar-refractivity contribution in [2.45, 2.75) is 19.8 Å². The van der Waals surface area contributed by atoms with Gasteiger partial charge in [0.05, 0.1) is 5.88 Å². The standard InChI is InChI=1S/C17H22N2S/c1-14(11-15-5-3-2-4-6-15)12-19-13-20-17-8-10-18-9-7-16(17)19/h2-6,11,18H,7-10,12-13H2,1H3. The molecular formula is C17H22N2S. The van der Waals surface area contributed by atoms with Gasteiger partial charge in [0.2, 0.25) is 0 Å². The van der Waals surface area contributed by atoms with E-state index >= 15 is 0 Å². The first-order valence-corrected chi connectivity index (χ1v) is 8.34. The van der Waals surface area contributed by atoms with Gasteiger partial charge in [-0.05, 0) is 25.5 Å². The van der Waals surface area contributed by atoms with E-state index in [0.717, 1.165) is 25.5 Å². The summed E-state index contributed by atoms with van der Waals surface area (Å²) in [6.07, 6.45) is 4.69. The van der Waals surface area contributed by atoms with E-state index in [1.807, 2.05) is 11.8 Å². The summed E-state index contributed by atoms with van der Waals surface area (Å²) in [5, 5.41) is 3.49. The van der Waals surface area contributed by atoms with E-state index in [-0.39, 0.29) is 0 Å². The molecule has 1 aromatic rings. The fraction of sp³-hybridized carbons (Fsp3) is 0.412. The van der Waals surface area contributed by atoms with Crippen molar-refractivity contribution in [3.63, 3.8) is 0 Å². The molecule has 2 aliphatic rings. The third-order valence-electron chi connectivity index (χ3n) is 3.82. The number of hydrogen-bond donors (Lipinski definition) is 1. The fourth-order valence-electron chi connectivity index (χ4n) is 2.86. The van der Waals surface area contributed by atoms with Crippen molar-refractivity contribution in [1.82, 2.24) is 10.2 Å². The first kappa shape index (κ1) is 13.8. The lowest BCUT2D eigenvalue weighted by Gasteiger charge is -2.22. The number of hydrogen-bond acceptors (Lipinski definition) is 3. The Morgan fingerprint density at radius 1 is 1.25 bits per heavy atom. The molecule has 0 radical (unpaired) electrons. The minimum absolute atomic E-state index is 1.06. The van der Waals surface area contributed by atoms with Crippen LogP contribution in [0.15, 0.2) is 46.5 Å². The molecule has 0 amide bonds. The van der Waals surface area contributed by atoms with E-state index in [2.05, 4.69) is 53.5 Å². The predicted octanol–water partition coefficient (Wildman–Crippen LogP) is 3.69. The third kappa shape index (κ3) is 3.28. The summed E-state index contributed by atoms with van der Waals surface area (Å²) in [6, 6.07) is 10.6. The van der Waals surface area contributed by atoms with Crippen molar-refractivity contribution >= 4 is 17.8 Å². The highest BCUT2D eigenvalue weighted by Gasteiger charge is 2.23. The van der Waals surface area contributed by atoms with Crippen LogP contribution in [0.25, 0.3) is 6.08 Å². The predicted molar refractivity (Wildman–Crippen MR) is 88.4 cm³/mol. The van der Waals surface area contributed by atoms with Gasteiger partial charge in [-0.15, -0.1) is 11.8 Å². The lowest BCUT2D eigenvalue weighted by Crippen LogP contribution is -2.23. The smallest absolute Gasteiger partial charge is 0.0684 e. The summed E-state index contributed by atoms with van der Waals surface area (Å²) >= 11 is 2.03. The van der Waals surface area contributed by atoms with Gasteiger partial charge in [-0.1, -0.05) is 42.0 Å². The van der Waals surface area contributed by atoms with Gasteiger partial charge in [-0.2, -0.15) is 0 Å². The second-order valence-corrected chi connectivity index (χ2v) is 6.53. The van der Waals surface area contributed by atoms with Gasteiger partial charge >= 0.3 is 0 Å². The van der Waals surface area contributed by atoms with Crippen molar-refractivity contribution in [1.29, 1.82) is 0 Å². The number of thioether (sulfide) groups is 1. The average molecular weight is 286 g/mol. The molecule has 0 aliphatic carbocycles. The highest BCUT2D eigenvalue weighted by Crippen LogP contribution is 2.36. The van der Waals surface area contributed by atoms with Crippen molar-refractivity contribution < 1.29 is 0 Å². The number of benzene rings is 1. The zero-order chi connectivity index (χ0) is 13.8. The molecule has 0 fully saturated rings. The van der Waals surface area contributed by atoms with E-state index in [0.29, 0.717) is 0 Å². The SMILES string of the molecule is CC(=Cc1ccccc1)CN1CSC2=C1CCNCC2. The Hall–Kier alpha value is -1.19. The minimum Gasteiger partial charge on any atom is -0.361 e. The Balaban J connectivity index is 1.69. The van der Waals surface area contributed by atoms with Crippen molar-refractivity contribution in [3.8, 4) is 0 Å². The Morgan fingerprint density at radius 3 is 2.90 bits per heavy atom. The zero-order valence-corrected chi connectivity index (χ0v) is 12.9. The number of nitrogens with zero attached hydrogens (tertiary/aromatic N) is 1. The van der Waals surface area contributed by atoms with Gasteiger partial charge in [0, 0.05) is 30.1 Å². The third-order valence-corrected chi connectivity index (χ3v) is 5.05. The van der Waals surface area contributed by atoms with Crippen LogP contribution in [0.4, 0.5) is 0 Å². The summed E-state index contributed by atoms with van der Waals surface area (Å²) < 4.78 is 0. The lowest BCUT2D eigenvalue weighted by atomic mass is 10.1. The Bertz CT molecular complexity index is 519. The zero-order valence-electron chi connectivity index (χ0n) is 12.1. The van der Waals surface area contributed by atoms with Gasteiger partial charge in [0.15, 0.2) is 0 Å². The monoisotopic (exact) mass is 286 g/mol. The highest BCUT2D eigenvalue weighted by molar-refractivity contribution is 8.03. The van der Waals surface area contributed by atoms with E-state index in [1.165, 1.54) is 24.0 Å². The van der Waals surface area contributed by atoms with Crippen molar-refractivity contribution in [3.05, 3.63) is 52.1 Å². The normalized spacial score (nSPS) is 20.1. The van der Waals surface area contributed by atoms with E-state index in [4.69, 9.17) is 0 Å². The van der Waals surface area contributed by atoms with Crippen LogP contribution in [-0.4, -0.2) is 30.4 Å². The molecule has 0 aromatic heterocycles. The van der Waals surface area contributed by atoms with Crippen molar-refractivity contribution in [2.75, 3.05) is 25.5 Å². The van der Waals surface area contributed by atoms with Crippen LogP contribution in [0.1, 0.15) is 25.3 Å². The summed E-state index contributed by atoms with van der Waals surface area (Å²) in [5.41, 5.74) is 4.32. The average Bonchev–Trinajstić information content (AvgIpc) is 2.69. The molecule has 2 aliphatic heterocycles. The van der Waals surface area contributed by atoms with E-state index < -0.39 is 0 Å². The fourth-order valence-corrected chi connectivity index (χ4v) is 4.07. The molecule has 1 aromatic carbocycles. The summed E-state index contributed by atoms with van der Waals surface area (Å²) in [6.45, 7) is 5.56. The summed E-state index contributed by atoms with van der Waals surface area (Å²) in [5.74, 6) is 1.13. The maximum absolute atomic E-state index is 3.49. The lowest BCUT2D eigenvalue weighted by molar-refractivity contribution is 0.425. The molecule has 0 bridgehead atoms. The van der Waals surface area contributed by atoms with Crippen LogP contribution >= 0.6 is 11.8 Å². The molecule has 1 N–H and O–H groups in total.